The van der Waals surface area contributed by atoms with E-state index in [0.29, 0.717) is 41.5 Å². The summed E-state index contributed by atoms with van der Waals surface area (Å²) in [6.45, 7) is 2.00. The first kappa shape index (κ1) is 19.2. The topological polar surface area (TPSA) is 0 Å². The lowest BCUT2D eigenvalue weighted by Gasteiger charge is -2.40. The lowest BCUT2D eigenvalue weighted by atomic mass is 9.65. The maximum absolute atomic E-state index is 15.2. The minimum Gasteiger partial charge on any atom is -0.206 e. The average Bonchev–Trinajstić information content (AvgIpc) is 2.66. The van der Waals surface area contributed by atoms with Gasteiger partial charge < -0.3 is 0 Å². The van der Waals surface area contributed by atoms with Crippen molar-refractivity contribution >= 4 is 0 Å². The molecule has 0 spiro atoms. The van der Waals surface area contributed by atoms with E-state index in [2.05, 4.69) is 6.08 Å². The lowest BCUT2D eigenvalue weighted by Crippen LogP contribution is -2.28. The highest BCUT2D eigenvalue weighted by molar-refractivity contribution is 5.67. The van der Waals surface area contributed by atoms with Gasteiger partial charge in [0.05, 0.1) is 5.56 Å². The van der Waals surface area contributed by atoms with Gasteiger partial charge in [-0.3, -0.25) is 0 Å². The van der Waals surface area contributed by atoms with Crippen molar-refractivity contribution in [2.24, 2.45) is 11.8 Å². The second-order valence-electron chi connectivity index (χ2n) is 7.87. The fourth-order valence-electron chi connectivity index (χ4n) is 5.03. The number of halogens is 5. The van der Waals surface area contributed by atoms with Crippen LogP contribution in [0.15, 0.2) is 30.4 Å². The summed E-state index contributed by atoms with van der Waals surface area (Å²) in [5.41, 5.74) is 0.287. The van der Waals surface area contributed by atoms with E-state index < -0.39 is 34.6 Å². The van der Waals surface area contributed by atoms with Crippen LogP contribution < -0.4 is 0 Å². The van der Waals surface area contributed by atoms with Crippen molar-refractivity contribution in [3.05, 3.63) is 70.6 Å². The van der Waals surface area contributed by atoms with E-state index in [1.807, 2.05) is 13.0 Å². The molecule has 2 aromatic rings. The van der Waals surface area contributed by atoms with Gasteiger partial charge in [0.15, 0.2) is 17.5 Å². The number of rotatable bonds is 2. The predicted octanol–water partition coefficient (Wildman–Crippen LogP) is 7.07. The number of hydrogen-bond donors (Lipinski definition) is 0. The lowest BCUT2D eigenvalue weighted by molar-refractivity contribution is 0.234. The Morgan fingerprint density at radius 2 is 1.57 bits per heavy atom. The van der Waals surface area contributed by atoms with Crippen LogP contribution in [0.1, 0.15) is 49.7 Å². The Balaban J connectivity index is 1.76. The first-order valence-corrected chi connectivity index (χ1v) is 9.69. The standard InChI is InChI=1S/C23H21F5/c1-2-3-12-4-6-15-13(8-12)5-7-16-17(15)11-18(24)21(22(16)27)14-9-19(25)23(28)20(26)10-14/h2-3,9-13,15H,4-8H2,1H3/b3-2+/t12-,13-,15+/m1/s1. The summed E-state index contributed by atoms with van der Waals surface area (Å²) in [6, 6.07) is 2.60. The van der Waals surface area contributed by atoms with Gasteiger partial charge in [0.25, 0.3) is 0 Å². The van der Waals surface area contributed by atoms with Gasteiger partial charge in [-0.1, -0.05) is 12.2 Å². The molecule has 0 saturated heterocycles. The first-order chi connectivity index (χ1) is 13.4. The Morgan fingerprint density at radius 3 is 2.25 bits per heavy atom. The molecule has 1 fully saturated rings. The molecule has 0 nitrogen and oxygen atoms in total. The summed E-state index contributed by atoms with van der Waals surface area (Å²) in [7, 11) is 0. The van der Waals surface area contributed by atoms with Crippen LogP contribution in [0.5, 0.6) is 0 Å². The molecule has 2 aliphatic rings. The summed E-state index contributed by atoms with van der Waals surface area (Å²) < 4.78 is 70.5. The van der Waals surface area contributed by atoms with Crippen molar-refractivity contribution in [2.75, 3.05) is 0 Å². The van der Waals surface area contributed by atoms with Crippen molar-refractivity contribution in [2.45, 2.75) is 44.9 Å². The first-order valence-electron chi connectivity index (χ1n) is 9.69. The average molecular weight is 392 g/mol. The molecule has 0 aliphatic heterocycles. The highest BCUT2D eigenvalue weighted by Crippen LogP contribution is 2.49. The molecule has 5 heteroatoms. The van der Waals surface area contributed by atoms with Gasteiger partial charge in [0.1, 0.15) is 11.6 Å². The highest BCUT2D eigenvalue weighted by atomic mass is 19.2. The Morgan fingerprint density at radius 1 is 0.857 bits per heavy atom. The Labute approximate surface area is 161 Å². The summed E-state index contributed by atoms with van der Waals surface area (Å²) in [4.78, 5) is 0. The molecule has 0 heterocycles. The zero-order chi connectivity index (χ0) is 20.0. The molecule has 1 saturated carbocycles. The third kappa shape index (κ3) is 3.15. The molecule has 4 rings (SSSR count). The van der Waals surface area contributed by atoms with Crippen molar-refractivity contribution in [3.8, 4) is 11.1 Å². The molecule has 0 aromatic heterocycles. The van der Waals surface area contributed by atoms with Crippen molar-refractivity contribution in [1.29, 1.82) is 0 Å². The van der Waals surface area contributed by atoms with Gasteiger partial charge in [-0.05, 0) is 91.7 Å². The normalized spacial score (nSPS) is 24.3. The molecule has 0 radical (unpaired) electrons. The second kappa shape index (κ2) is 7.34. The van der Waals surface area contributed by atoms with Gasteiger partial charge in [-0.2, -0.15) is 0 Å². The summed E-state index contributed by atoms with van der Waals surface area (Å²) in [5.74, 6) is -5.23. The zero-order valence-electron chi connectivity index (χ0n) is 15.5. The number of allylic oxidation sites excluding steroid dienone is 2. The fourth-order valence-corrected chi connectivity index (χ4v) is 5.03. The maximum atomic E-state index is 15.2. The van der Waals surface area contributed by atoms with Gasteiger partial charge in [0.2, 0.25) is 0 Å². The van der Waals surface area contributed by atoms with E-state index in [0.717, 1.165) is 25.7 Å². The van der Waals surface area contributed by atoms with Crippen molar-refractivity contribution in [1.82, 2.24) is 0 Å². The minimum absolute atomic E-state index is 0.102. The van der Waals surface area contributed by atoms with E-state index in [-0.39, 0.29) is 11.5 Å². The van der Waals surface area contributed by atoms with Gasteiger partial charge >= 0.3 is 0 Å². The van der Waals surface area contributed by atoms with Crippen LogP contribution in [0.4, 0.5) is 22.0 Å². The van der Waals surface area contributed by atoms with Crippen LogP contribution in [-0.2, 0) is 6.42 Å². The molecule has 2 aromatic carbocycles. The third-order valence-corrected chi connectivity index (χ3v) is 6.28. The monoisotopic (exact) mass is 392 g/mol. The van der Waals surface area contributed by atoms with E-state index in [1.165, 1.54) is 6.07 Å². The van der Waals surface area contributed by atoms with Gasteiger partial charge in [-0.15, -0.1) is 0 Å². The van der Waals surface area contributed by atoms with Gasteiger partial charge in [-0.25, -0.2) is 22.0 Å². The second-order valence-corrected chi connectivity index (χ2v) is 7.87. The van der Waals surface area contributed by atoms with Crippen LogP contribution in [0.2, 0.25) is 0 Å². The number of benzene rings is 2. The SMILES string of the molecule is C/C=C/[C@@H]1CC[C@@H]2c3cc(F)c(-c4cc(F)c(F)c(F)c4)c(F)c3CC[C@@H]2C1. The smallest absolute Gasteiger partial charge is 0.194 e. The quantitative estimate of drug-likeness (QED) is 0.291. The van der Waals surface area contributed by atoms with Crippen LogP contribution in [0.3, 0.4) is 0 Å². The molecule has 28 heavy (non-hydrogen) atoms. The molecule has 0 N–H and O–H groups in total. The maximum Gasteiger partial charge on any atom is 0.194 e. The minimum atomic E-state index is -1.65. The molecule has 3 atom stereocenters. The molecule has 2 aliphatic carbocycles. The highest BCUT2D eigenvalue weighted by Gasteiger charge is 2.37. The predicted molar refractivity (Wildman–Crippen MR) is 98.4 cm³/mol. The van der Waals surface area contributed by atoms with Crippen LogP contribution in [0.25, 0.3) is 11.1 Å². The molecule has 148 valence electrons. The molecule has 0 unspecified atom stereocenters. The number of fused-ring (bicyclic) bond motifs is 3. The van der Waals surface area contributed by atoms with E-state index in [1.54, 1.807) is 0 Å². The molecular weight excluding hydrogens is 371 g/mol. The van der Waals surface area contributed by atoms with Crippen LogP contribution >= 0.6 is 0 Å². The van der Waals surface area contributed by atoms with E-state index in [9.17, 15) is 17.6 Å². The summed E-state index contributed by atoms with van der Waals surface area (Å²) >= 11 is 0. The van der Waals surface area contributed by atoms with E-state index in [4.69, 9.17) is 0 Å². The van der Waals surface area contributed by atoms with Crippen molar-refractivity contribution in [3.63, 3.8) is 0 Å². The Kier molecular flexibility index (Phi) is 5.02. The Bertz CT molecular complexity index is 923. The zero-order valence-corrected chi connectivity index (χ0v) is 15.5. The third-order valence-electron chi connectivity index (χ3n) is 6.28. The van der Waals surface area contributed by atoms with Crippen molar-refractivity contribution < 1.29 is 22.0 Å². The fraction of sp³-hybridized carbons (Fsp3) is 0.391. The number of hydrogen-bond acceptors (Lipinski definition) is 0. The Hall–Kier alpha value is -2.17. The van der Waals surface area contributed by atoms with Crippen LogP contribution in [0, 0.1) is 40.9 Å². The largest absolute Gasteiger partial charge is 0.206 e. The van der Waals surface area contributed by atoms with Crippen LogP contribution in [-0.4, -0.2) is 0 Å². The van der Waals surface area contributed by atoms with Gasteiger partial charge in [0, 0.05) is 0 Å². The van der Waals surface area contributed by atoms with E-state index >= 15 is 4.39 Å². The molecule has 0 amide bonds. The summed E-state index contributed by atoms with van der Waals surface area (Å²) in [6.07, 6.45) is 8.37. The molecule has 0 bridgehead atoms. The molecular formula is C23H21F5. The summed E-state index contributed by atoms with van der Waals surface area (Å²) in [5, 5.41) is 0.